The van der Waals surface area contributed by atoms with Crippen molar-refractivity contribution in [2.45, 2.75) is 25.7 Å². The van der Waals surface area contributed by atoms with E-state index in [0.717, 1.165) is 24.1 Å². The van der Waals surface area contributed by atoms with Gasteiger partial charge in [0.15, 0.2) is 5.76 Å². The standard InChI is InChI=1S/C20H19N3O5/c1-26-20(25)14-5-2-7-15-13(14)6-3-11-23(15)18(24)10-9-17-21-19(22-28-17)16-8-4-12-27-16/h2,4-5,7-8,12H,3,6,9-11H2,1H3. The number of carbonyl (C=O) groups excluding carboxylic acids is 2. The molecule has 0 fully saturated rings. The van der Waals surface area contributed by atoms with Crippen LogP contribution in [0.5, 0.6) is 0 Å². The van der Waals surface area contributed by atoms with E-state index in [1.54, 1.807) is 29.2 Å². The first-order valence-electron chi connectivity index (χ1n) is 9.04. The summed E-state index contributed by atoms with van der Waals surface area (Å²) in [5, 5.41) is 3.87. The van der Waals surface area contributed by atoms with Gasteiger partial charge in [0.05, 0.1) is 18.9 Å². The van der Waals surface area contributed by atoms with Crippen LogP contribution in [0.3, 0.4) is 0 Å². The van der Waals surface area contributed by atoms with Crippen LogP contribution in [0.15, 0.2) is 45.5 Å². The summed E-state index contributed by atoms with van der Waals surface area (Å²) in [7, 11) is 1.36. The molecule has 3 aromatic rings. The number of hydrogen-bond acceptors (Lipinski definition) is 7. The first kappa shape index (κ1) is 18.0. The number of rotatable bonds is 5. The van der Waals surface area contributed by atoms with Gasteiger partial charge >= 0.3 is 5.97 Å². The lowest BCUT2D eigenvalue weighted by Crippen LogP contribution is -2.36. The number of esters is 1. The van der Waals surface area contributed by atoms with Gasteiger partial charge in [-0.05, 0) is 42.7 Å². The van der Waals surface area contributed by atoms with Crippen molar-refractivity contribution in [3.05, 3.63) is 53.6 Å². The molecule has 1 aliphatic rings. The number of anilines is 1. The molecular weight excluding hydrogens is 362 g/mol. The van der Waals surface area contributed by atoms with E-state index < -0.39 is 0 Å². The molecule has 0 saturated carbocycles. The summed E-state index contributed by atoms with van der Waals surface area (Å²) < 4.78 is 15.3. The fraction of sp³-hybridized carbons (Fsp3) is 0.300. The zero-order valence-electron chi connectivity index (χ0n) is 15.4. The van der Waals surface area contributed by atoms with Crippen LogP contribution in [0.2, 0.25) is 0 Å². The molecule has 0 saturated heterocycles. The summed E-state index contributed by atoms with van der Waals surface area (Å²) in [6.45, 7) is 0.609. The number of methoxy groups -OCH3 is 1. The number of fused-ring (bicyclic) bond motifs is 1. The first-order valence-corrected chi connectivity index (χ1v) is 9.04. The Morgan fingerprint density at radius 3 is 2.93 bits per heavy atom. The van der Waals surface area contributed by atoms with Gasteiger partial charge in [-0.2, -0.15) is 4.98 Å². The quantitative estimate of drug-likeness (QED) is 0.626. The van der Waals surface area contributed by atoms with E-state index in [4.69, 9.17) is 13.7 Å². The highest BCUT2D eigenvalue weighted by Gasteiger charge is 2.26. The zero-order valence-corrected chi connectivity index (χ0v) is 15.4. The van der Waals surface area contributed by atoms with Crippen molar-refractivity contribution in [1.29, 1.82) is 0 Å². The van der Waals surface area contributed by atoms with Crippen LogP contribution < -0.4 is 4.90 Å². The van der Waals surface area contributed by atoms with Crippen LogP contribution in [0.4, 0.5) is 5.69 Å². The van der Waals surface area contributed by atoms with Crippen LogP contribution in [-0.4, -0.2) is 35.7 Å². The molecule has 0 unspecified atom stereocenters. The fourth-order valence-corrected chi connectivity index (χ4v) is 3.40. The molecule has 144 valence electrons. The van der Waals surface area contributed by atoms with Crippen molar-refractivity contribution in [2.75, 3.05) is 18.6 Å². The van der Waals surface area contributed by atoms with Gasteiger partial charge < -0.3 is 18.6 Å². The third-order valence-corrected chi connectivity index (χ3v) is 4.72. The topological polar surface area (TPSA) is 98.7 Å². The molecule has 0 spiro atoms. The van der Waals surface area contributed by atoms with Crippen LogP contribution in [-0.2, 0) is 22.4 Å². The van der Waals surface area contributed by atoms with Crippen molar-refractivity contribution < 1.29 is 23.3 Å². The molecule has 8 nitrogen and oxygen atoms in total. The van der Waals surface area contributed by atoms with Crippen LogP contribution in [0.25, 0.3) is 11.6 Å². The molecule has 2 aromatic heterocycles. The number of aryl methyl sites for hydroxylation is 1. The number of hydrogen-bond donors (Lipinski definition) is 0. The highest BCUT2D eigenvalue weighted by molar-refractivity contribution is 5.98. The number of ether oxygens (including phenoxy) is 1. The van der Waals surface area contributed by atoms with E-state index in [1.165, 1.54) is 13.4 Å². The van der Waals surface area contributed by atoms with Crippen molar-refractivity contribution in [2.24, 2.45) is 0 Å². The Morgan fingerprint density at radius 1 is 1.25 bits per heavy atom. The maximum Gasteiger partial charge on any atom is 0.338 e. The molecule has 4 rings (SSSR count). The number of benzene rings is 1. The van der Waals surface area contributed by atoms with Gasteiger partial charge in [0.1, 0.15) is 0 Å². The van der Waals surface area contributed by atoms with Gasteiger partial charge in [-0.25, -0.2) is 4.79 Å². The average molecular weight is 381 g/mol. The second kappa shape index (κ2) is 7.67. The van der Waals surface area contributed by atoms with E-state index in [-0.39, 0.29) is 18.3 Å². The van der Waals surface area contributed by atoms with E-state index >= 15 is 0 Å². The van der Waals surface area contributed by atoms with Crippen LogP contribution in [0, 0.1) is 0 Å². The molecule has 3 heterocycles. The molecule has 0 atom stereocenters. The molecule has 0 aliphatic carbocycles. The van der Waals surface area contributed by atoms with Gasteiger partial charge in [-0.15, -0.1) is 0 Å². The van der Waals surface area contributed by atoms with Crippen molar-refractivity contribution in [3.63, 3.8) is 0 Å². The molecular formula is C20H19N3O5. The minimum absolute atomic E-state index is 0.0549. The predicted octanol–water partition coefficient (Wildman–Crippen LogP) is 3.03. The highest BCUT2D eigenvalue weighted by atomic mass is 16.5. The predicted molar refractivity (Wildman–Crippen MR) is 98.8 cm³/mol. The Bertz CT molecular complexity index is 993. The van der Waals surface area contributed by atoms with Crippen LogP contribution in [0.1, 0.15) is 34.7 Å². The van der Waals surface area contributed by atoms with Gasteiger partial charge in [-0.1, -0.05) is 11.2 Å². The lowest BCUT2D eigenvalue weighted by Gasteiger charge is -2.30. The monoisotopic (exact) mass is 381 g/mol. The second-order valence-electron chi connectivity index (χ2n) is 6.43. The normalized spacial score (nSPS) is 13.2. The molecule has 1 aliphatic heterocycles. The summed E-state index contributed by atoms with van der Waals surface area (Å²) in [6.07, 6.45) is 3.61. The fourth-order valence-electron chi connectivity index (χ4n) is 3.40. The number of furan rings is 1. The lowest BCUT2D eigenvalue weighted by molar-refractivity contribution is -0.118. The van der Waals surface area contributed by atoms with E-state index in [9.17, 15) is 9.59 Å². The minimum atomic E-state index is -0.387. The van der Waals surface area contributed by atoms with E-state index in [0.29, 0.717) is 36.0 Å². The molecule has 28 heavy (non-hydrogen) atoms. The first-order chi connectivity index (χ1) is 13.7. The summed E-state index contributed by atoms with van der Waals surface area (Å²) in [5.74, 6) is 0.809. The SMILES string of the molecule is COC(=O)c1cccc2c1CCCN2C(=O)CCc1nc(-c2ccco2)no1. The molecule has 0 N–H and O–H groups in total. The number of aromatic nitrogens is 2. The maximum absolute atomic E-state index is 12.8. The largest absolute Gasteiger partial charge is 0.465 e. The Morgan fingerprint density at radius 2 is 2.14 bits per heavy atom. The lowest BCUT2D eigenvalue weighted by atomic mass is 9.96. The molecule has 0 bridgehead atoms. The van der Waals surface area contributed by atoms with Gasteiger partial charge in [0.25, 0.3) is 0 Å². The minimum Gasteiger partial charge on any atom is -0.465 e. The smallest absolute Gasteiger partial charge is 0.338 e. The summed E-state index contributed by atoms with van der Waals surface area (Å²) >= 11 is 0. The third-order valence-electron chi connectivity index (χ3n) is 4.72. The molecule has 1 amide bonds. The Balaban J connectivity index is 1.47. The summed E-state index contributed by atoms with van der Waals surface area (Å²) in [6, 6.07) is 8.84. The Labute approximate surface area is 161 Å². The Hall–Kier alpha value is -3.42. The van der Waals surface area contributed by atoms with Crippen molar-refractivity contribution in [1.82, 2.24) is 10.1 Å². The van der Waals surface area contributed by atoms with Crippen molar-refractivity contribution in [3.8, 4) is 11.6 Å². The average Bonchev–Trinajstić information content (AvgIpc) is 3.42. The van der Waals surface area contributed by atoms with Gasteiger partial charge in [0.2, 0.25) is 17.6 Å². The number of amides is 1. The molecule has 1 aromatic carbocycles. The third kappa shape index (κ3) is 3.40. The molecule has 0 radical (unpaired) electrons. The zero-order chi connectivity index (χ0) is 19.5. The summed E-state index contributed by atoms with van der Waals surface area (Å²) in [5.41, 5.74) is 2.13. The number of nitrogens with zero attached hydrogens (tertiary/aromatic N) is 3. The van der Waals surface area contributed by atoms with Crippen LogP contribution >= 0.6 is 0 Å². The van der Waals surface area contributed by atoms with Gasteiger partial charge in [-0.3, -0.25) is 4.79 Å². The van der Waals surface area contributed by atoms with E-state index in [1.807, 2.05) is 6.07 Å². The van der Waals surface area contributed by atoms with E-state index in [2.05, 4.69) is 10.1 Å². The highest BCUT2D eigenvalue weighted by Crippen LogP contribution is 2.31. The Kier molecular flexibility index (Phi) is 4.92. The van der Waals surface area contributed by atoms with Gasteiger partial charge in [0, 0.05) is 25.1 Å². The molecule has 8 heteroatoms. The number of carbonyl (C=O) groups is 2. The maximum atomic E-state index is 12.8. The summed E-state index contributed by atoms with van der Waals surface area (Å²) in [4.78, 5) is 30.8. The second-order valence-corrected chi connectivity index (χ2v) is 6.43. The van der Waals surface area contributed by atoms with Crippen molar-refractivity contribution >= 4 is 17.6 Å².